The molecule has 0 unspecified atom stereocenters. The normalized spacial score (nSPS) is 12.1. The van der Waals surface area contributed by atoms with Crippen molar-refractivity contribution in [2.75, 3.05) is 12.3 Å². The third-order valence-corrected chi connectivity index (χ3v) is 6.07. The average Bonchev–Trinajstić information content (AvgIpc) is 3.16. The van der Waals surface area contributed by atoms with Crippen LogP contribution < -0.4 is 5.73 Å². The molecule has 33 heavy (non-hydrogen) atoms. The molecule has 1 aliphatic rings. The van der Waals surface area contributed by atoms with Crippen molar-refractivity contribution < 1.29 is 19.4 Å². The fraction of sp³-hybridized carbons (Fsp3) is 0.0714. The van der Waals surface area contributed by atoms with Crippen LogP contribution in [0.4, 0.5) is 5.69 Å². The molecule has 4 aromatic rings. The third-order valence-electron chi connectivity index (χ3n) is 6.07. The lowest BCUT2D eigenvalue weighted by Gasteiger charge is -2.15. The highest BCUT2D eigenvalue weighted by molar-refractivity contribution is 5.93. The molecule has 0 fully saturated rings. The van der Waals surface area contributed by atoms with Crippen LogP contribution in [0.2, 0.25) is 0 Å². The summed E-state index contributed by atoms with van der Waals surface area (Å²) in [6, 6.07) is 27.9. The van der Waals surface area contributed by atoms with E-state index in [9.17, 15) is 9.59 Å². The maximum Gasteiger partial charge on any atom is 0.338 e. The summed E-state index contributed by atoms with van der Waals surface area (Å²) in [7, 11) is 0. The molecule has 0 saturated carbocycles. The highest BCUT2D eigenvalue weighted by Gasteiger charge is 2.29. The molecular formula is C28H21NO4. The molecule has 0 heterocycles. The molecule has 0 atom stereocenters. The Labute approximate surface area is 191 Å². The van der Waals surface area contributed by atoms with E-state index in [0.29, 0.717) is 11.3 Å². The smallest absolute Gasteiger partial charge is 0.338 e. The van der Waals surface area contributed by atoms with Crippen LogP contribution in [0, 0.1) is 0 Å². The second-order valence-electron chi connectivity index (χ2n) is 8.01. The number of esters is 1. The molecule has 0 saturated heterocycles. The molecule has 0 aliphatic heterocycles. The van der Waals surface area contributed by atoms with Crippen LogP contribution in [0.3, 0.4) is 0 Å². The van der Waals surface area contributed by atoms with Crippen LogP contribution >= 0.6 is 0 Å². The Morgan fingerprint density at radius 1 is 0.758 bits per heavy atom. The molecule has 5 rings (SSSR count). The predicted molar refractivity (Wildman–Crippen MR) is 127 cm³/mol. The van der Waals surface area contributed by atoms with Gasteiger partial charge in [0.05, 0.1) is 11.1 Å². The number of nitrogens with two attached hydrogens (primary N) is 1. The zero-order valence-corrected chi connectivity index (χ0v) is 17.7. The van der Waals surface area contributed by atoms with Crippen molar-refractivity contribution in [1.29, 1.82) is 0 Å². The number of nitrogen functional groups attached to an aromatic ring is 1. The van der Waals surface area contributed by atoms with Gasteiger partial charge in [0.15, 0.2) is 0 Å². The van der Waals surface area contributed by atoms with E-state index in [4.69, 9.17) is 15.6 Å². The summed E-state index contributed by atoms with van der Waals surface area (Å²) in [6.45, 7) is 0.241. The first-order chi connectivity index (χ1) is 16.0. The van der Waals surface area contributed by atoms with Crippen LogP contribution in [0.25, 0.3) is 22.3 Å². The van der Waals surface area contributed by atoms with Crippen molar-refractivity contribution in [1.82, 2.24) is 0 Å². The molecule has 0 spiro atoms. The van der Waals surface area contributed by atoms with Crippen molar-refractivity contribution in [3.63, 3.8) is 0 Å². The number of carbonyl (C=O) groups is 2. The number of anilines is 1. The Morgan fingerprint density at radius 2 is 1.33 bits per heavy atom. The Hall–Kier alpha value is -4.38. The summed E-state index contributed by atoms with van der Waals surface area (Å²) >= 11 is 0. The quantitative estimate of drug-likeness (QED) is 0.314. The number of fused-ring (bicyclic) bond motifs is 3. The van der Waals surface area contributed by atoms with E-state index in [-0.39, 0.29) is 18.1 Å². The molecule has 5 heteroatoms. The van der Waals surface area contributed by atoms with E-state index in [0.717, 1.165) is 22.3 Å². The molecule has 3 N–H and O–H groups in total. The Kier molecular flexibility index (Phi) is 5.15. The number of hydrogen-bond acceptors (Lipinski definition) is 4. The molecule has 162 valence electrons. The summed E-state index contributed by atoms with van der Waals surface area (Å²) in [5.74, 6) is -1.43. The van der Waals surface area contributed by atoms with E-state index in [2.05, 4.69) is 24.3 Å². The van der Waals surface area contributed by atoms with E-state index < -0.39 is 11.9 Å². The van der Waals surface area contributed by atoms with E-state index >= 15 is 0 Å². The minimum absolute atomic E-state index is 0.00859. The molecule has 0 amide bonds. The number of hydrogen-bond donors (Lipinski definition) is 2. The SMILES string of the molecule is Nc1cc(C(=O)OCC2c3ccccc3-c3ccccc32)ccc1-c1ccc(C(=O)O)cc1. The van der Waals surface area contributed by atoms with Gasteiger partial charge >= 0.3 is 11.9 Å². The molecule has 1 aliphatic carbocycles. The van der Waals surface area contributed by atoms with Crippen LogP contribution in [0.1, 0.15) is 37.8 Å². The van der Waals surface area contributed by atoms with Crippen LogP contribution in [0.15, 0.2) is 91.0 Å². The highest BCUT2D eigenvalue weighted by Crippen LogP contribution is 2.44. The monoisotopic (exact) mass is 435 g/mol. The number of carbonyl (C=O) groups excluding carboxylic acids is 1. The number of ether oxygens (including phenoxy) is 1. The van der Waals surface area contributed by atoms with Crippen LogP contribution in [-0.2, 0) is 4.74 Å². The van der Waals surface area contributed by atoms with Crippen LogP contribution in [0.5, 0.6) is 0 Å². The standard InChI is InChI=1S/C28H21NO4/c29-26-15-19(13-14-20(26)17-9-11-18(12-10-17)27(30)31)28(32)33-16-25-23-7-3-1-5-21(23)22-6-2-4-8-24(22)25/h1-15,25H,16,29H2,(H,30,31). The Balaban J connectivity index is 1.34. The maximum atomic E-state index is 12.8. The minimum atomic E-state index is -0.986. The van der Waals surface area contributed by atoms with E-state index in [1.54, 1.807) is 30.3 Å². The van der Waals surface area contributed by atoms with Gasteiger partial charge in [-0.15, -0.1) is 0 Å². The summed E-state index contributed by atoms with van der Waals surface area (Å²) < 4.78 is 5.71. The maximum absolute atomic E-state index is 12.8. The summed E-state index contributed by atoms with van der Waals surface area (Å²) in [5, 5.41) is 9.06. The fourth-order valence-electron chi connectivity index (χ4n) is 4.43. The first-order valence-corrected chi connectivity index (χ1v) is 10.6. The zero-order valence-electron chi connectivity index (χ0n) is 17.7. The van der Waals surface area contributed by atoms with Gasteiger partial charge in [-0.2, -0.15) is 0 Å². The number of carboxylic acid groups (broad SMARTS) is 1. The van der Waals surface area contributed by atoms with Gasteiger partial charge in [0.1, 0.15) is 6.61 Å². The number of aromatic carboxylic acids is 1. The third kappa shape index (κ3) is 3.74. The second-order valence-corrected chi connectivity index (χ2v) is 8.01. The number of benzene rings is 4. The molecule has 0 bridgehead atoms. The lowest BCUT2D eigenvalue weighted by molar-refractivity contribution is 0.0493. The molecule has 4 aromatic carbocycles. The lowest BCUT2D eigenvalue weighted by atomic mass is 9.98. The highest BCUT2D eigenvalue weighted by atomic mass is 16.5. The summed E-state index contributed by atoms with van der Waals surface area (Å²) in [4.78, 5) is 23.9. The number of carboxylic acids is 1. The lowest BCUT2D eigenvalue weighted by Crippen LogP contribution is -2.13. The molecule has 5 nitrogen and oxygen atoms in total. The van der Waals surface area contributed by atoms with Gasteiger partial charge in [0, 0.05) is 17.2 Å². The van der Waals surface area contributed by atoms with Gasteiger partial charge in [-0.1, -0.05) is 66.7 Å². The molecule has 0 radical (unpaired) electrons. The van der Waals surface area contributed by atoms with Gasteiger partial charge in [-0.25, -0.2) is 9.59 Å². The minimum Gasteiger partial charge on any atom is -0.478 e. The van der Waals surface area contributed by atoms with Crippen molar-refractivity contribution in [2.45, 2.75) is 5.92 Å². The van der Waals surface area contributed by atoms with E-state index in [1.807, 2.05) is 24.3 Å². The fourth-order valence-corrected chi connectivity index (χ4v) is 4.43. The van der Waals surface area contributed by atoms with Crippen molar-refractivity contribution in [3.05, 3.63) is 113 Å². The van der Waals surface area contributed by atoms with Crippen LogP contribution in [-0.4, -0.2) is 23.7 Å². The average molecular weight is 435 g/mol. The first-order valence-electron chi connectivity index (χ1n) is 10.6. The summed E-state index contributed by atoms with van der Waals surface area (Å²) in [5.41, 5.74) is 13.4. The molecular weight excluding hydrogens is 414 g/mol. The zero-order chi connectivity index (χ0) is 22.9. The predicted octanol–water partition coefficient (Wildman–Crippen LogP) is 5.60. The van der Waals surface area contributed by atoms with Crippen molar-refractivity contribution >= 4 is 17.6 Å². The van der Waals surface area contributed by atoms with Gasteiger partial charge in [0.2, 0.25) is 0 Å². The second kappa shape index (κ2) is 8.28. The van der Waals surface area contributed by atoms with Gasteiger partial charge in [-0.05, 0) is 52.1 Å². The van der Waals surface area contributed by atoms with Gasteiger partial charge in [0.25, 0.3) is 0 Å². The van der Waals surface area contributed by atoms with Gasteiger partial charge < -0.3 is 15.6 Å². The number of rotatable bonds is 5. The van der Waals surface area contributed by atoms with Crippen molar-refractivity contribution in [3.8, 4) is 22.3 Å². The van der Waals surface area contributed by atoms with Gasteiger partial charge in [-0.3, -0.25) is 0 Å². The molecule has 0 aromatic heterocycles. The van der Waals surface area contributed by atoms with E-state index in [1.165, 1.54) is 23.3 Å². The summed E-state index contributed by atoms with van der Waals surface area (Å²) in [6.07, 6.45) is 0. The first kappa shape index (κ1) is 20.5. The largest absolute Gasteiger partial charge is 0.478 e. The topological polar surface area (TPSA) is 89.6 Å². The Bertz CT molecular complexity index is 1330. The van der Waals surface area contributed by atoms with Crippen molar-refractivity contribution in [2.24, 2.45) is 0 Å². The Morgan fingerprint density at radius 3 is 1.91 bits per heavy atom.